The highest BCUT2D eigenvalue weighted by Gasteiger charge is 2.45. The summed E-state index contributed by atoms with van der Waals surface area (Å²) in [7, 11) is 0. The lowest BCUT2D eigenvalue weighted by molar-refractivity contribution is -0.140. The van der Waals surface area contributed by atoms with Gasteiger partial charge in [-0.25, -0.2) is 9.79 Å². The first kappa shape index (κ1) is 24.3. The number of esters is 1. The maximum atomic E-state index is 14.1. The van der Waals surface area contributed by atoms with E-state index >= 15 is 0 Å². The number of ether oxygens (including phenoxy) is 1. The number of allylic oxidation sites excluding steroid dienone is 1. The molecule has 4 rings (SSSR count). The highest BCUT2D eigenvalue weighted by Crippen LogP contribution is 2.38. The Labute approximate surface area is 205 Å². The van der Waals surface area contributed by atoms with Crippen molar-refractivity contribution in [2.24, 2.45) is 4.99 Å². The van der Waals surface area contributed by atoms with Gasteiger partial charge in [-0.05, 0) is 42.3 Å². The van der Waals surface area contributed by atoms with E-state index in [1.165, 1.54) is 37.3 Å². The topological polar surface area (TPSA) is 60.7 Å². The number of carbonyl (C=O) groups is 1. The number of halogens is 5. The molecule has 1 aromatic heterocycles. The van der Waals surface area contributed by atoms with Crippen molar-refractivity contribution in [2.75, 3.05) is 6.61 Å². The summed E-state index contributed by atoms with van der Waals surface area (Å²) in [5, 5.41) is 0.707. The fourth-order valence-electron chi connectivity index (χ4n) is 3.53. The van der Waals surface area contributed by atoms with E-state index in [2.05, 4.69) is 4.99 Å². The van der Waals surface area contributed by atoms with E-state index in [9.17, 15) is 22.8 Å². The van der Waals surface area contributed by atoms with Crippen LogP contribution in [0.25, 0.3) is 6.08 Å². The van der Waals surface area contributed by atoms with Gasteiger partial charge in [-0.2, -0.15) is 13.2 Å². The summed E-state index contributed by atoms with van der Waals surface area (Å²) >= 11 is 12.9. The number of aromatic nitrogens is 1. The van der Waals surface area contributed by atoms with E-state index in [1.54, 1.807) is 24.3 Å². The average Bonchev–Trinajstić information content (AvgIpc) is 3.09. The molecule has 0 saturated heterocycles. The molecule has 0 N–H and O–H groups in total. The molecule has 0 amide bonds. The van der Waals surface area contributed by atoms with Gasteiger partial charge in [-0.3, -0.25) is 9.36 Å². The average molecular weight is 527 g/mol. The van der Waals surface area contributed by atoms with Crippen molar-refractivity contribution in [3.8, 4) is 0 Å². The van der Waals surface area contributed by atoms with Crippen LogP contribution in [0.5, 0.6) is 0 Å². The van der Waals surface area contributed by atoms with Crippen LogP contribution in [-0.4, -0.2) is 23.3 Å². The molecule has 11 heteroatoms. The van der Waals surface area contributed by atoms with Gasteiger partial charge in [0.15, 0.2) is 10.5 Å². The first-order valence-corrected chi connectivity index (χ1v) is 11.5. The van der Waals surface area contributed by atoms with E-state index in [-0.39, 0.29) is 21.5 Å². The second kappa shape index (κ2) is 9.40. The molecule has 2 aromatic carbocycles. The normalized spacial score (nSPS) is 16.3. The molecule has 2 heterocycles. The maximum Gasteiger partial charge on any atom is 0.434 e. The standard InChI is InChI=1S/C23H15Cl2F3N2O3S/c1-2-33-21(32)17-18(12-7-9-14(24)10-8-12)30-20(31)16(11-13-5-3-4-6-15(13)25)34-22(30)29-19(17)23(26,27)28/h3-11,18H,2H2,1H3/b16-11+/t18-/m1/s1. The maximum absolute atomic E-state index is 14.1. The second-order valence-electron chi connectivity index (χ2n) is 7.14. The van der Waals surface area contributed by atoms with Crippen molar-refractivity contribution >= 4 is 46.6 Å². The molecule has 34 heavy (non-hydrogen) atoms. The quantitative estimate of drug-likeness (QED) is 0.465. The molecule has 1 aliphatic rings. The van der Waals surface area contributed by atoms with Crippen molar-refractivity contribution in [3.63, 3.8) is 0 Å². The van der Waals surface area contributed by atoms with E-state index in [4.69, 9.17) is 27.9 Å². The fraction of sp³-hybridized carbons (Fsp3) is 0.174. The number of benzene rings is 2. The molecule has 5 nitrogen and oxygen atoms in total. The van der Waals surface area contributed by atoms with E-state index in [1.807, 2.05) is 0 Å². The molecular formula is C23H15Cl2F3N2O3S. The Morgan fingerprint density at radius 1 is 1.18 bits per heavy atom. The van der Waals surface area contributed by atoms with Gasteiger partial charge in [0.1, 0.15) is 0 Å². The minimum absolute atomic E-state index is 0.109. The summed E-state index contributed by atoms with van der Waals surface area (Å²) in [6.07, 6.45) is -3.49. The smallest absolute Gasteiger partial charge is 0.434 e. The Hall–Kier alpha value is -2.88. The van der Waals surface area contributed by atoms with Crippen LogP contribution in [0.15, 0.2) is 69.6 Å². The van der Waals surface area contributed by atoms with Crippen molar-refractivity contribution in [3.05, 3.63) is 101 Å². The second-order valence-corrected chi connectivity index (χ2v) is 8.99. The predicted octanol–water partition coefficient (Wildman–Crippen LogP) is 4.65. The molecule has 0 aliphatic carbocycles. The highest BCUT2D eigenvalue weighted by molar-refractivity contribution is 7.07. The third-order valence-corrected chi connectivity index (χ3v) is 6.55. The van der Waals surface area contributed by atoms with E-state index in [0.29, 0.717) is 15.6 Å². The first-order chi connectivity index (χ1) is 16.1. The van der Waals surface area contributed by atoms with Crippen LogP contribution in [0, 0.1) is 0 Å². The molecule has 3 aromatic rings. The third kappa shape index (κ3) is 4.55. The number of carbonyl (C=O) groups excluding carboxylic acids is 1. The Balaban J connectivity index is 2.07. The Morgan fingerprint density at radius 2 is 1.85 bits per heavy atom. The molecular weight excluding hydrogens is 512 g/mol. The summed E-state index contributed by atoms with van der Waals surface area (Å²) in [6, 6.07) is 11.1. The van der Waals surface area contributed by atoms with Gasteiger partial charge < -0.3 is 4.74 Å². The number of rotatable bonds is 4. The molecule has 0 fully saturated rings. The molecule has 1 aliphatic heterocycles. The van der Waals surface area contributed by atoms with Crippen LogP contribution in [0.4, 0.5) is 13.2 Å². The van der Waals surface area contributed by atoms with Gasteiger partial charge >= 0.3 is 12.1 Å². The molecule has 0 bridgehead atoms. The lowest BCUT2D eigenvalue weighted by atomic mass is 9.95. The number of hydrogen-bond donors (Lipinski definition) is 0. The summed E-state index contributed by atoms with van der Waals surface area (Å²) in [5.41, 5.74) is -2.04. The number of alkyl halides is 3. The minimum Gasteiger partial charge on any atom is -0.463 e. The van der Waals surface area contributed by atoms with Crippen molar-refractivity contribution in [2.45, 2.75) is 19.1 Å². The molecule has 0 unspecified atom stereocenters. The Morgan fingerprint density at radius 3 is 2.47 bits per heavy atom. The SMILES string of the molecule is CCOC(=O)C1=C(C(F)(F)F)N=c2s/c(=C/c3ccccc3Cl)c(=O)n2[C@@H]1c1ccc(Cl)cc1. The van der Waals surface area contributed by atoms with Gasteiger partial charge in [-0.1, -0.05) is 64.9 Å². The molecule has 176 valence electrons. The minimum atomic E-state index is -4.97. The molecule has 1 atom stereocenters. The van der Waals surface area contributed by atoms with Crippen LogP contribution in [-0.2, 0) is 9.53 Å². The predicted molar refractivity (Wildman–Crippen MR) is 124 cm³/mol. The molecule has 0 saturated carbocycles. The van der Waals surface area contributed by atoms with Gasteiger partial charge in [0.2, 0.25) is 0 Å². The Bertz CT molecular complexity index is 1470. The lowest BCUT2D eigenvalue weighted by Gasteiger charge is -2.26. The van der Waals surface area contributed by atoms with Crippen LogP contribution < -0.4 is 14.9 Å². The zero-order chi connectivity index (χ0) is 24.6. The van der Waals surface area contributed by atoms with Gasteiger partial charge in [0.05, 0.1) is 22.8 Å². The highest BCUT2D eigenvalue weighted by atomic mass is 35.5. The summed E-state index contributed by atoms with van der Waals surface area (Å²) < 4.78 is 48.3. The monoisotopic (exact) mass is 526 g/mol. The first-order valence-electron chi connectivity index (χ1n) is 9.92. The molecule has 0 spiro atoms. The van der Waals surface area contributed by atoms with Crippen molar-refractivity contribution in [1.29, 1.82) is 0 Å². The Kier molecular flexibility index (Phi) is 6.71. The van der Waals surface area contributed by atoms with Gasteiger partial charge in [0.25, 0.3) is 5.56 Å². The largest absolute Gasteiger partial charge is 0.463 e. The van der Waals surface area contributed by atoms with E-state index in [0.717, 1.165) is 15.9 Å². The van der Waals surface area contributed by atoms with Crippen LogP contribution >= 0.6 is 34.5 Å². The fourth-order valence-corrected chi connectivity index (χ4v) is 4.84. The van der Waals surface area contributed by atoms with Gasteiger partial charge in [-0.15, -0.1) is 0 Å². The zero-order valence-corrected chi connectivity index (χ0v) is 19.7. The summed E-state index contributed by atoms with van der Waals surface area (Å²) in [6.45, 7) is 1.32. The summed E-state index contributed by atoms with van der Waals surface area (Å²) in [4.78, 5) is 29.7. The number of thiazole rings is 1. The van der Waals surface area contributed by atoms with Crippen LogP contribution in [0.2, 0.25) is 10.0 Å². The van der Waals surface area contributed by atoms with Crippen LogP contribution in [0.1, 0.15) is 24.1 Å². The third-order valence-electron chi connectivity index (χ3n) is 4.97. The van der Waals surface area contributed by atoms with Crippen molar-refractivity contribution in [1.82, 2.24) is 4.57 Å². The summed E-state index contributed by atoms with van der Waals surface area (Å²) in [5.74, 6) is -1.21. The van der Waals surface area contributed by atoms with Gasteiger partial charge in [0, 0.05) is 10.0 Å². The number of nitrogens with zero attached hydrogens (tertiary/aromatic N) is 2. The lowest BCUT2D eigenvalue weighted by Crippen LogP contribution is -2.41. The number of hydrogen-bond acceptors (Lipinski definition) is 5. The van der Waals surface area contributed by atoms with Crippen LogP contribution in [0.3, 0.4) is 0 Å². The van der Waals surface area contributed by atoms with E-state index < -0.39 is 35.0 Å². The molecule has 0 radical (unpaired) electrons. The number of fused-ring (bicyclic) bond motifs is 1. The van der Waals surface area contributed by atoms with Crippen molar-refractivity contribution < 1.29 is 22.7 Å². The zero-order valence-electron chi connectivity index (χ0n) is 17.4.